The minimum atomic E-state index is -1.38. The maximum Gasteiger partial charge on any atom is 0.410 e. The lowest BCUT2D eigenvalue weighted by molar-refractivity contribution is -0.318. The Hall–Kier alpha value is -1.79. The van der Waals surface area contributed by atoms with Gasteiger partial charge in [0, 0.05) is 36.9 Å². The summed E-state index contributed by atoms with van der Waals surface area (Å²) in [5, 5.41) is 21.7. The van der Waals surface area contributed by atoms with E-state index >= 15 is 0 Å². The van der Waals surface area contributed by atoms with Crippen LogP contribution in [0.25, 0.3) is 0 Å². The fourth-order valence-corrected chi connectivity index (χ4v) is 1.92. The SMILES string of the molecule is CC(C)(C)OC(=O)N1CC(C(=O)[O-])CC(C(=O)[O-])C1. The van der Waals surface area contributed by atoms with Gasteiger partial charge in [-0.2, -0.15) is 0 Å². The standard InChI is InChI=1S/C12H19NO6/c1-12(2,3)19-11(18)13-5-7(9(14)15)4-8(6-13)10(16)17/h7-8H,4-6H2,1-3H3,(H,14,15)(H,16,17)/p-2. The normalized spacial score (nSPS) is 23.8. The molecule has 0 aliphatic carbocycles. The van der Waals surface area contributed by atoms with E-state index in [4.69, 9.17) is 4.74 Å². The number of rotatable bonds is 2. The number of carbonyl (C=O) groups excluding carboxylic acids is 3. The summed E-state index contributed by atoms with van der Waals surface area (Å²) in [6.07, 6.45) is -0.825. The molecule has 2 atom stereocenters. The zero-order valence-corrected chi connectivity index (χ0v) is 11.2. The van der Waals surface area contributed by atoms with Gasteiger partial charge in [-0.3, -0.25) is 0 Å². The average Bonchev–Trinajstić information content (AvgIpc) is 2.25. The topological polar surface area (TPSA) is 110 Å². The first-order valence-electron chi connectivity index (χ1n) is 6.00. The molecule has 0 N–H and O–H groups in total. The van der Waals surface area contributed by atoms with E-state index in [1.807, 2.05) is 0 Å². The molecule has 0 aromatic carbocycles. The second-order valence-corrected chi connectivity index (χ2v) is 5.65. The molecule has 1 aliphatic rings. The molecule has 0 radical (unpaired) electrons. The third-order valence-corrected chi connectivity index (χ3v) is 2.77. The Kier molecular flexibility index (Phi) is 4.39. The number of carbonyl (C=O) groups is 3. The molecule has 0 aromatic heterocycles. The van der Waals surface area contributed by atoms with Crippen molar-refractivity contribution in [3.63, 3.8) is 0 Å². The molecule has 0 spiro atoms. The number of nitrogens with zero attached hydrogens (tertiary/aromatic N) is 1. The number of aliphatic carboxylic acids is 2. The van der Waals surface area contributed by atoms with Crippen molar-refractivity contribution in [3.8, 4) is 0 Å². The first-order valence-corrected chi connectivity index (χ1v) is 6.00. The van der Waals surface area contributed by atoms with Gasteiger partial charge in [-0.1, -0.05) is 0 Å². The van der Waals surface area contributed by atoms with Crippen molar-refractivity contribution in [2.45, 2.75) is 32.8 Å². The third kappa shape index (κ3) is 4.42. The van der Waals surface area contributed by atoms with Crippen LogP contribution in [-0.4, -0.2) is 41.6 Å². The summed E-state index contributed by atoms with van der Waals surface area (Å²) < 4.78 is 5.09. The summed E-state index contributed by atoms with van der Waals surface area (Å²) in [5.41, 5.74) is -0.734. The molecule has 1 heterocycles. The van der Waals surface area contributed by atoms with Gasteiger partial charge in [0.05, 0.1) is 0 Å². The largest absolute Gasteiger partial charge is 0.550 e. The minimum absolute atomic E-state index is 0.0933. The molecule has 1 fully saturated rings. The Labute approximate surface area is 111 Å². The van der Waals surface area contributed by atoms with Crippen LogP contribution in [0.5, 0.6) is 0 Å². The number of ether oxygens (including phenoxy) is 1. The Morgan fingerprint density at radius 3 is 1.79 bits per heavy atom. The van der Waals surface area contributed by atoms with Crippen LogP contribution in [0, 0.1) is 11.8 Å². The molecular formula is C12H17NO6-2. The van der Waals surface area contributed by atoms with Gasteiger partial charge < -0.3 is 29.4 Å². The zero-order valence-electron chi connectivity index (χ0n) is 11.2. The second kappa shape index (κ2) is 5.46. The van der Waals surface area contributed by atoms with Crippen molar-refractivity contribution in [1.29, 1.82) is 0 Å². The van der Waals surface area contributed by atoms with Crippen LogP contribution in [-0.2, 0) is 14.3 Å². The van der Waals surface area contributed by atoms with Gasteiger partial charge in [0.1, 0.15) is 5.60 Å². The lowest BCUT2D eigenvalue weighted by Crippen LogP contribution is -2.53. The van der Waals surface area contributed by atoms with Gasteiger partial charge in [0.2, 0.25) is 0 Å². The Balaban J connectivity index is 2.79. The highest BCUT2D eigenvalue weighted by Crippen LogP contribution is 2.23. The van der Waals surface area contributed by atoms with Crippen LogP contribution in [0.4, 0.5) is 4.79 Å². The van der Waals surface area contributed by atoms with E-state index < -0.39 is 35.5 Å². The number of likely N-dealkylation sites (tertiary alicyclic amines) is 1. The zero-order chi connectivity index (χ0) is 14.8. The maximum atomic E-state index is 11.8. The molecule has 1 saturated heterocycles. The van der Waals surface area contributed by atoms with Gasteiger partial charge in [-0.15, -0.1) is 0 Å². The van der Waals surface area contributed by atoms with Gasteiger partial charge in [-0.05, 0) is 27.2 Å². The number of amides is 1. The van der Waals surface area contributed by atoms with E-state index in [1.54, 1.807) is 20.8 Å². The molecular weight excluding hydrogens is 254 g/mol. The summed E-state index contributed by atoms with van der Waals surface area (Å²) in [6, 6.07) is 0. The van der Waals surface area contributed by atoms with Gasteiger partial charge in [0.25, 0.3) is 0 Å². The summed E-state index contributed by atoms with van der Waals surface area (Å²) in [4.78, 5) is 34.7. The summed E-state index contributed by atoms with van der Waals surface area (Å²) in [5.74, 6) is -4.80. The first kappa shape index (κ1) is 15.3. The van der Waals surface area contributed by atoms with Crippen LogP contribution in [0.15, 0.2) is 0 Å². The van der Waals surface area contributed by atoms with Crippen molar-refractivity contribution >= 4 is 18.0 Å². The van der Waals surface area contributed by atoms with E-state index in [9.17, 15) is 24.6 Å². The third-order valence-electron chi connectivity index (χ3n) is 2.77. The highest BCUT2D eigenvalue weighted by atomic mass is 16.6. The lowest BCUT2D eigenvalue weighted by Gasteiger charge is -2.39. The molecule has 2 unspecified atom stereocenters. The van der Waals surface area contributed by atoms with Gasteiger partial charge in [-0.25, -0.2) is 4.79 Å². The highest BCUT2D eigenvalue weighted by molar-refractivity contribution is 5.76. The fourth-order valence-electron chi connectivity index (χ4n) is 1.92. The molecule has 108 valence electrons. The average molecular weight is 271 g/mol. The number of hydrogen-bond donors (Lipinski definition) is 0. The fraction of sp³-hybridized carbons (Fsp3) is 0.750. The molecule has 0 saturated carbocycles. The Morgan fingerprint density at radius 1 is 1.05 bits per heavy atom. The van der Waals surface area contributed by atoms with Gasteiger partial charge in [0.15, 0.2) is 0 Å². The van der Waals surface area contributed by atoms with Gasteiger partial charge >= 0.3 is 6.09 Å². The van der Waals surface area contributed by atoms with Crippen LogP contribution in [0.1, 0.15) is 27.2 Å². The summed E-state index contributed by atoms with van der Waals surface area (Å²) in [6.45, 7) is 4.78. The van der Waals surface area contributed by atoms with Crippen molar-refractivity contribution in [1.82, 2.24) is 4.90 Å². The van der Waals surface area contributed by atoms with Crippen LogP contribution >= 0.6 is 0 Å². The monoisotopic (exact) mass is 271 g/mol. The molecule has 1 rings (SSSR count). The molecule has 0 aromatic rings. The molecule has 0 bridgehead atoms. The summed E-state index contributed by atoms with van der Waals surface area (Å²) >= 11 is 0. The minimum Gasteiger partial charge on any atom is -0.550 e. The quantitative estimate of drug-likeness (QED) is 0.595. The Morgan fingerprint density at radius 2 is 1.47 bits per heavy atom. The predicted octanol–water partition coefficient (Wildman–Crippen LogP) is -1.64. The molecule has 7 heteroatoms. The van der Waals surface area contributed by atoms with E-state index in [0.717, 1.165) is 4.90 Å². The number of hydrogen-bond acceptors (Lipinski definition) is 6. The maximum absolute atomic E-state index is 11.8. The van der Waals surface area contributed by atoms with E-state index in [2.05, 4.69) is 0 Å². The van der Waals surface area contributed by atoms with Crippen molar-refractivity contribution in [2.24, 2.45) is 11.8 Å². The molecule has 1 amide bonds. The number of carboxylic acids is 2. The molecule has 7 nitrogen and oxygen atoms in total. The van der Waals surface area contributed by atoms with Crippen LogP contribution in [0.3, 0.4) is 0 Å². The number of piperidine rings is 1. The van der Waals surface area contributed by atoms with E-state index in [1.165, 1.54) is 0 Å². The Bertz CT molecular complexity index is 364. The highest BCUT2D eigenvalue weighted by Gasteiger charge is 2.33. The van der Waals surface area contributed by atoms with E-state index in [-0.39, 0.29) is 19.5 Å². The first-order chi connectivity index (χ1) is 8.60. The van der Waals surface area contributed by atoms with Crippen molar-refractivity contribution in [2.75, 3.05) is 13.1 Å². The van der Waals surface area contributed by atoms with Crippen LogP contribution < -0.4 is 10.2 Å². The molecule has 19 heavy (non-hydrogen) atoms. The summed E-state index contributed by atoms with van der Waals surface area (Å²) in [7, 11) is 0. The van der Waals surface area contributed by atoms with Crippen LogP contribution in [0.2, 0.25) is 0 Å². The number of carboxylic acid groups (broad SMARTS) is 2. The smallest absolute Gasteiger partial charge is 0.410 e. The molecule has 1 aliphatic heterocycles. The lowest BCUT2D eigenvalue weighted by atomic mass is 9.89. The van der Waals surface area contributed by atoms with Crippen molar-refractivity contribution in [3.05, 3.63) is 0 Å². The van der Waals surface area contributed by atoms with Crippen molar-refractivity contribution < 1.29 is 29.3 Å². The van der Waals surface area contributed by atoms with E-state index in [0.29, 0.717) is 0 Å². The predicted molar refractivity (Wildman–Crippen MR) is 59.4 cm³/mol. The second-order valence-electron chi connectivity index (χ2n) is 5.65.